The third-order valence-electron chi connectivity index (χ3n) is 3.16. The highest BCUT2D eigenvalue weighted by Crippen LogP contribution is 2.35. The quantitative estimate of drug-likeness (QED) is 0.744. The normalized spacial score (nSPS) is 14.1. The molecule has 0 saturated heterocycles. The van der Waals surface area contributed by atoms with Crippen LogP contribution in [0.25, 0.3) is 0 Å². The largest absolute Gasteiger partial charge is 0.426 e. The van der Waals surface area contributed by atoms with Crippen molar-refractivity contribution >= 4 is 39.3 Å². The van der Waals surface area contributed by atoms with Crippen LogP contribution in [0.2, 0.25) is 0 Å². The third-order valence-corrected chi connectivity index (χ3v) is 4.82. The Labute approximate surface area is 149 Å². The van der Waals surface area contributed by atoms with Crippen LogP contribution in [-0.2, 0) is 4.79 Å². The summed E-state index contributed by atoms with van der Waals surface area (Å²) < 4.78 is 38.4. The lowest BCUT2D eigenvalue weighted by Crippen LogP contribution is -2.52. The fraction of sp³-hybridized carbons (Fsp3) is 0.188. The molecule has 128 valence electrons. The molecule has 0 aromatic heterocycles. The molecule has 0 radical (unpaired) electrons. The van der Waals surface area contributed by atoms with E-state index in [9.17, 15) is 23.1 Å². The third kappa shape index (κ3) is 4.31. The van der Waals surface area contributed by atoms with Gasteiger partial charge in [0, 0.05) is 14.3 Å². The maximum Gasteiger partial charge on any atom is 0.426 e. The minimum Gasteiger partial charge on any atom is -0.373 e. The molecule has 0 heterocycles. The van der Waals surface area contributed by atoms with E-state index in [0.717, 1.165) is 9.79 Å². The number of carbonyl (C=O) groups is 1. The van der Waals surface area contributed by atoms with Gasteiger partial charge in [0.25, 0.3) is 5.91 Å². The predicted octanol–water partition coefficient (Wildman–Crippen LogP) is 4.85. The predicted molar refractivity (Wildman–Crippen MR) is 90.0 cm³/mol. The summed E-state index contributed by atoms with van der Waals surface area (Å²) in [6.45, 7) is 0.413. The lowest BCUT2D eigenvalue weighted by atomic mass is 10.1. The first kappa shape index (κ1) is 18.8. The molecule has 2 aromatic carbocycles. The van der Waals surface area contributed by atoms with Crippen LogP contribution in [0.1, 0.15) is 6.92 Å². The Bertz CT molecular complexity index is 736. The van der Waals surface area contributed by atoms with Crippen molar-refractivity contribution in [3.63, 3.8) is 0 Å². The van der Waals surface area contributed by atoms with Crippen molar-refractivity contribution in [2.75, 3.05) is 5.32 Å². The maximum atomic E-state index is 12.7. The smallest absolute Gasteiger partial charge is 0.373 e. The molecule has 24 heavy (non-hydrogen) atoms. The molecule has 0 spiro atoms. The molecule has 2 N–H and O–H groups in total. The number of hydrogen-bond acceptors (Lipinski definition) is 3. The first-order chi connectivity index (χ1) is 11.1. The lowest BCUT2D eigenvalue weighted by molar-refractivity contribution is -0.242. The van der Waals surface area contributed by atoms with Gasteiger partial charge in [-0.2, -0.15) is 13.2 Å². The van der Waals surface area contributed by atoms with Gasteiger partial charge in [-0.1, -0.05) is 30.0 Å². The Hall–Kier alpha value is -1.51. The summed E-state index contributed by atoms with van der Waals surface area (Å²) in [5, 5.41) is 11.4. The summed E-state index contributed by atoms with van der Waals surface area (Å²) >= 11 is 4.68. The van der Waals surface area contributed by atoms with E-state index < -0.39 is 17.7 Å². The van der Waals surface area contributed by atoms with Gasteiger partial charge in [0.15, 0.2) is 0 Å². The van der Waals surface area contributed by atoms with Gasteiger partial charge in [0.1, 0.15) is 0 Å². The van der Waals surface area contributed by atoms with Crippen LogP contribution in [0, 0.1) is 0 Å². The Morgan fingerprint density at radius 3 is 2.29 bits per heavy atom. The van der Waals surface area contributed by atoms with E-state index in [4.69, 9.17) is 0 Å². The van der Waals surface area contributed by atoms with Crippen molar-refractivity contribution in [1.29, 1.82) is 0 Å². The van der Waals surface area contributed by atoms with Gasteiger partial charge in [0.05, 0.1) is 5.69 Å². The standard InChI is InChI=1S/C16H13BrF3NO2S/c1-15(23,16(18,19)20)14(22)21-13-8-7-11(9-12(13)17)24-10-5-3-2-4-6-10/h2-9,23H,1H3,(H,21,22)/t15-/m1/s1. The van der Waals surface area contributed by atoms with Crippen molar-refractivity contribution in [1.82, 2.24) is 0 Å². The topological polar surface area (TPSA) is 49.3 Å². The summed E-state index contributed by atoms with van der Waals surface area (Å²) in [5.41, 5.74) is -3.33. The molecule has 0 aliphatic heterocycles. The van der Waals surface area contributed by atoms with Gasteiger partial charge in [-0.25, -0.2) is 0 Å². The van der Waals surface area contributed by atoms with Crippen LogP contribution in [0.5, 0.6) is 0 Å². The van der Waals surface area contributed by atoms with Gasteiger partial charge in [-0.15, -0.1) is 0 Å². The van der Waals surface area contributed by atoms with Crippen molar-refractivity contribution in [3.8, 4) is 0 Å². The zero-order chi connectivity index (χ0) is 18.0. The van der Waals surface area contributed by atoms with Gasteiger partial charge in [-0.3, -0.25) is 4.79 Å². The summed E-state index contributed by atoms with van der Waals surface area (Å²) in [6.07, 6.45) is -5.06. The van der Waals surface area contributed by atoms with Crippen LogP contribution in [0.4, 0.5) is 18.9 Å². The SMILES string of the molecule is C[C@@](O)(C(=O)Nc1ccc(Sc2ccccc2)cc1Br)C(F)(F)F. The first-order valence-corrected chi connectivity index (χ1v) is 8.35. The molecule has 0 saturated carbocycles. The summed E-state index contributed by atoms with van der Waals surface area (Å²) in [6, 6.07) is 14.3. The van der Waals surface area contributed by atoms with Crippen LogP contribution in [0.15, 0.2) is 62.8 Å². The van der Waals surface area contributed by atoms with E-state index in [0.29, 0.717) is 11.4 Å². The number of amides is 1. The zero-order valence-corrected chi connectivity index (χ0v) is 14.8. The van der Waals surface area contributed by atoms with E-state index in [1.165, 1.54) is 17.8 Å². The minimum atomic E-state index is -5.06. The average Bonchev–Trinajstić information content (AvgIpc) is 2.49. The number of hydrogen-bond donors (Lipinski definition) is 2. The number of benzene rings is 2. The van der Waals surface area contributed by atoms with Crippen LogP contribution in [-0.4, -0.2) is 22.8 Å². The Morgan fingerprint density at radius 2 is 1.75 bits per heavy atom. The Balaban J connectivity index is 2.14. The Morgan fingerprint density at radius 1 is 1.12 bits per heavy atom. The van der Waals surface area contributed by atoms with Crippen molar-refractivity contribution in [3.05, 3.63) is 53.0 Å². The van der Waals surface area contributed by atoms with Crippen LogP contribution < -0.4 is 5.32 Å². The van der Waals surface area contributed by atoms with E-state index in [-0.39, 0.29) is 5.69 Å². The van der Waals surface area contributed by atoms with E-state index >= 15 is 0 Å². The van der Waals surface area contributed by atoms with Gasteiger partial charge < -0.3 is 10.4 Å². The Kier molecular flexibility index (Phi) is 5.62. The molecular formula is C16H13BrF3NO2S. The van der Waals surface area contributed by atoms with Gasteiger partial charge >= 0.3 is 6.18 Å². The first-order valence-electron chi connectivity index (χ1n) is 6.74. The zero-order valence-electron chi connectivity index (χ0n) is 12.4. The molecular weight excluding hydrogens is 407 g/mol. The highest BCUT2D eigenvalue weighted by atomic mass is 79.9. The second kappa shape index (κ2) is 7.16. The molecule has 0 fully saturated rings. The number of anilines is 1. The van der Waals surface area contributed by atoms with E-state index in [1.54, 1.807) is 12.1 Å². The van der Waals surface area contributed by atoms with Crippen LogP contribution >= 0.6 is 27.7 Å². The number of nitrogens with one attached hydrogen (secondary N) is 1. The molecule has 2 rings (SSSR count). The molecule has 2 aromatic rings. The highest BCUT2D eigenvalue weighted by Gasteiger charge is 2.55. The molecule has 0 aliphatic carbocycles. The number of aliphatic hydroxyl groups is 1. The molecule has 0 unspecified atom stereocenters. The van der Waals surface area contributed by atoms with Crippen molar-refractivity contribution < 1.29 is 23.1 Å². The van der Waals surface area contributed by atoms with Crippen LogP contribution in [0.3, 0.4) is 0 Å². The number of halogens is 4. The second-order valence-electron chi connectivity index (χ2n) is 5.08. The van der Waals surface area contributed by atoms with E-state index in [2.05, 4.69) is 21.2 Å². The molecule has 0 aliphatic rings. The van der Waals surface area contributed by atoms with E-state index in [1.807, 2.05) is 30.3 Å². The summed E-state index contributed by atoms with van der Waals surface area (Å²) in [7, 11) is 0. The second-order valence-corrected chi connectivity index (χ2v) is 7.08. The maximum absolute atomic E-state index is 12.7. The lowest BCUT2D eigenvalue weighted by Gasteiger charge is -2.25. The fourth-order valence-electron chi connectivity index (χ4n) is 1.66. The monoisotopic (exact) mass is 419 g/mol. The molecule has 1 amide bonds. The molecule has 3 nitrogen and oxygen atoms in total. The summed E-state index contributed by atoms with van der Waals surface area (Å²) in [4.78, 5) is 13.5. The van der Waals surface area contributed by atoms with Crippen molar-refractivity contribution in [2.45, 2.75) is 28.5 Å². The summed E-state index contributed by atoms with van der Waals surface area (Å²) in [5.74, 6) is -1.54. The fourth-order valence-corrected chi connectivity index (χ4v) is 3.17. The van der Waals surface area contributed by atoms with Gasteiger partial charge in [-0.05, 0) is 53.2 Å². The highest BCUT2D eigenvalue weighted by molar-refractivity contribution is 9.10. The van der Waals surface area contributed by atoms with Gasteiger partial charge in [0.2, 0.25) is 5.60 Å². The number of alkyl halides is 3. The average molecular weight is 420 g/mol. The number of rotatable bonds is 4. The molecule has 0 bridgehead atoms. The minimum absolute atomic E-state index is 0.141. The van der Waals surface area contributed by atoms with Crippen molar-refractivity contribution in [2.24, 2.45) is 0 Å². The number of carbonyl (C=O) groups excluding carboxylic acids is 1. The molecule has 1 atom stereocenters. The molecule has 8 heteroatoms.